The number of hydrogen-bond acceptors (Lipinski definition) is 3. The summed E-state index contributed by atoms with van der Waals surface area (Å²) in [6, 6.07) is 56.0. The minimum absolute atomic E-state index is 0.705. The maximum absolute atomic E-state index is 6.64. The molecule has 9 aromatic rings. The van der Waals surface area contributed by atoms with E-state index in [9.17, 15) is 0 Å². The lowest BCUT2D eigenvalue weighted by atomic mass is 9.97. The van der Waals surface area contributed by atoms with E-state index in [1.165, 1.54) is 32.6 Å². The molecule has 0 saturated heterocycles. The number of rotatable bonds is 4. The summed E-state index contributed by atoms with van der Waals surface area (Å²) in [6.45, 7) is 4.92. The summed E-state index contributed by atoms with van der Waals surface area (Å²) >= 11 is 0. The minimum atomic E-state index is -2.10. The molecule has 0 N–H and O–H groups in total. The molecule has 1 aliphatic heterocycles. The van der Waals surface area contributed by atoms with Crippen molar-refractivity contribution < 1.29 is 4.42 Å². The lowest BCUT2D eigenvalue weighted by molar-refractivity contribution is 0.670. The van der Waals surface area contributed by atoms with Crippen molar-refractivity contribution >= 4 is 51.3 Å². The van der Waals surface area contributed by atoms with Crippen LogP contribution in [0.1, 0.15) is 0 Å². The first-order valence-electron chi connectivity index (χ1n) is 17.2. The number of benzene rings is 7. The van der Waals surface area contributed by atoms with E-state index in [2.05, 4.69) is 159 Å². The van der Waals surface area contributed by atoms with E-state index < -0.39 is 8.07 Å². The third-order valence-corrected chi connectivity index (χ3v) is 14.0. The molecule has 0 atom stereocenters. The van der Waals surface area contributed by atoms with Crippen molar-refractivity contribution in [3.63, 3.8) is 0 Å². The van der Waals surface area contributed by atoms with Gasteiger partial charge in [0.25, 0.3) is 0 Å². The Morgan fingerprint density at radius 3 is 1.94 bits per heavy atom. The summed E-state index contributed by atoms with van der Waals surface area (Å²) in [6.07, 6.45) is 0. The van der Waals surface area contributed by atoms with Gasteiger partial charge in [0.2, 0.25) is 0 Å². The number of nitrogens with zero attached hydrogens (tertiary/aromatic N) is 2. The van der Waals surface area contributed by atoms with Gasteiger partial charge in [-0.25, -0.2) is 9.97 Å². The van der Waals surface area contributed by atoms with Gasteiger partial charge >= 0.3 is 0 Å². The van der Waals surface area contributed by atoms with Crippen molar-refractivity contribution in [2.75, 3.05) is 0 Å². The van der Waals surface area contributed by atoms with Crippen molar-refractivity contribution in [1.82, 2.24) is 9.97 Å². The minimum Gasteiger partial charge on any atom is -0.455 e. The van der Waals surface area contributed by atoms with E-state index in [4.69, 9.17) is 14.4 Å². The van der Waals surface area contributed by atoms with Crippen molar-refractivity contribution in [2.24, 2.45) is 0 Å². The predicted octanol–water partition coefficient (Wildman–Crippen LogP) is 11.0. The lowest BCUT2D eigenvalue weighted by Gasteiger charge is -2.22. The first-order valence-corrected chi connectivity index (χ1v) is 20.2. The SMILES string of the molecule is C[Si]1(C)c2ccccc2-c2ccc3nc(-c4cccc(-c5cccc(-c6ccccc6)c5)c4)nc(-c4cccc5c4oc4ccccc45)c3c21. The third-order valence-electron chi connectivity index (χ3n) is 10.5. The van der Waals surface area contributed by atoms with Crippen LogP contribution in [0.3, 0.4) is 0 Å². The Morgan fingerprint density at radius 2 is 1.10 bits per heavy atom. The summed E-state index contributed by atoms with van der Waals surface area (Å²) in [4.78, 5) is 10.9. The van der Waals surface area contributed by atoms with Gasteiger partial charge in [-0.3, -0.25) is 0 Å². The summed E-state index contributed by atoms with van der Waals surface area (Å²) in [5.74, 6) is 0.705. The van der Waals surface area contributed by atoms with Crippen molar-refractivity contribution in [2.45, 2.75) is 13.1 Å². The molecule has 10 rings (SSSR count). The Hall–Kier alpha value is -6.10. The van der Waals surface area contributed by atoms with Gasteiger partial charge in [0, 0.05) is 27.3 Å². The molecule has 3 heterocycles. The van der Waals surface area contributed by atoms with Crippen LogP contribution in [-0.2, 0) is 0 Å². The normalized spacial score (nSPS) is 13.2. The van der Waals surface area contributed by atoms with Crippen LogP contribution >= 0.6 is 0 Å². The van der Waals surface area contributed by atoms with Crippen molar-refractivity contribution in [1.29, 1.82) is 0 Å². The molecule has 0 unspecified atom stereocenters. The maximum atomic E-state index is 6.64. The Balaban J connectivity index is 1.22. The van der Waals surface area contributed by atoms with Gasteiger partial charge in [-0.1, -0.05) is 140 Å². The first-order chi connectivity index (χ1) is 24.5. The molecule has 7 aromatic carbocycles. The third kappa shape index (κ3) is 4.35. The second-order valence-electron chi connectivity index (χ2n) is 13.8. The highest BCUT2D eigenvalue weighted by Gasteiger charge is 2.40. The number of furan rings is 1. The van der Waals surface area contributed by atoms with Gasteiger partial charge in [-0.05, 0) is 74.1 Å². The Morgan fingerprint density at radius 1 is 0.480 bits per heavy atom. The average molecular weight is 657 g/mol. The average Bonchev–Trinajstić information content (AvgIpc) is 3.67. The second-order valence-corrected chi connectivity index (χ2v) is 18.0. The molecule has 0 amide bonds. The van der Waals surface area contributed by atoms with Crippen LogP contribution < -0.4 is 10.4 Å². The number of hydrogen-bond donors (Lipinski definition) is 0. The zero-order valence-corrected chi connectivity index (χ0v) is 28.8. The van der Waals surface area contributed by atoms with Crippen LogP contribution in [0.5, 0.6) is 0 Å². The standard InChI is InChI=1S/C46H32N2OSi/c1-50(2)41-24-9-7-20-35(41)37-25-26-39-42(45(37)50)43(38-22-12-21-36-34-19-6-8-23-40(34)49-44(36)38)48-46(47-39)33-18-11-17-32(28-33)31-16-10-15-30(27-31)29-13-4-3-5-14-29/h3-28H,1-2H3. The molecule has 50 heavy (non-hydrogen) atoms. The van der Waals surface area contributed by atoms with E-state index in [0.717, 1.165) is 60.8 Å². The molecule has 236 valence electrons. The van der Waals surface area contributed by atoms with E-state index in [-0.39, 0.29) is 0 Å². The highest BCUT2D eigenvalue weighted by molar-refractivity contribution is 7.05. The zero-order valence-electron chi connectivity index (χ0n) is 27.8. The molecule has 0 fully saturated rings. The van der Waals surface area contributed by atoms with Crippen molar-refractivity contribution in [3.05, 3.63) is 158 Å². The second kappa shape index (κ2) is 11.0. The summed E-state index contributed by atoms with van der Waals surface area (Å²) in [5.41, 5.74) is 12.9. The van der Waals surface area contributed by atoms with E-state index in [1.807, 2.05) is 12.1 Å². The summed E-state index contributed by atoms with van der Waals surface area (Å²) in [5, 5.41) is 6.21. The van der Waals surface area contributed by atoms with E-state index >= 15 is 0 Å². The lowest BCUT2D eigenvalue weighted by Crippen LogP contribution is -2.49. The smallest absolute Gasteiger partial charge is 0.160 e. The highest BCUT2D eigenvalue weighted by atomic mass is 28.3. The largest absolute Gasteiger partial charge is 0.455 e. The van der Waals surface area contributed by atoms with Gasteiger partial charge in [0.15, 0.2) is 5.82 Å². The number of para-hydroxylation sites is 2. The Kier molecular flexibility index (Phi) is 6.33. The summed E-state index contributed by atoms with van der Waals surface area (Å²) in [7, 11) is -2.10. The molecule has 1 aliphatic rings. The van der Waals surface area contributed by atoms with Crippen LogP contribution in [0, 0.1) is 0 Å². The monoisotopic (exact) mass is 656 g/mol. The molecule has 2 aromatic heterocycles. The molecule has 0 radical (unpaired) electrons. The molecule has 0 bridgehead atoms. The molecule has 4 heteroatoms. The molecule has 0 aliphatic carbocycles. The molecular formula is C46H32N2OSi. The zero-order chi connectivity index (χ0) is 33.4. The number of fused-ring (bicyclic) bond motifs is 8. The molecule has 0 saturated carbocycles. The topological polar surface area (TPSA) is 38.9 Å². The van der Waals surface area contributed by atoms with Crippen LogP contribution in [-0.4, -0.2) is 18.0 Å². The van der Waals surface area contributed by atoms with Crippen molar-refractivity contribution in [3.8, 4) is 56.0 Å². The quantitative estimate of drug-likeness (QED) is 0.177. The van der Waals surface area contributed by atoms with Crippen LogP contribution in [0.15, 0.2) is 162 Å². The van der Waals surface area contributed by atoms with Gasteiger partial charge in [-0.15, -0.1) is 0 Å². The fourth-order valence-electron chi connectivity index (χ4n) is 8.10. The molecule has 0 spiro atoms. The number of aromatic nitrogens is 2. The predicted molar refractivity (Wildman–Crippen MR) is 211 cm³/mol. The molecule has 3 nitrogen and oxygen atoms in total. The van der Waals surface area contributed by atoms with Gasteiger partial charge in [0.05, 0.1) is 11.2 Å². The maximum Gasteiger partial charge on any atom is 0.160 e. The fourth-order valence-corrected chi connectivity index (χ4v) is 11.5. The van der Waals surface area contributed by atoms with E-state index in [0.29, 0.717) is 5.82 Å². The Labute approximate surface area is 291 Å². The fraction of sp³-hybridized carbons (Fsp3) is 0.0435. The summed E-state index contributed by atoms with van der Waals surface area (Å²) < 4.78 is 6.64. The highest BCUT2D eigenvalue weighted by Crippen LogP contribution is 2.41. The van der Waals surface area contributed by atoms with Crippen LogP contribution in [0.4, 0.5) is 0 Å². The Bertz CT molecular complexity index is 2800. The van der Waals surface area contributed by atoms with Crippen LogP contribution in [0.2, 0.25) is 13.1 Å². The van der Waals surface area contributed by atoms with Crippen LogP contribution in [0.25, 0.3) is 88.9 Å². The first kappa shape index (κ1) is 28.9. The van der Waals surface area contributed by atoms with Gasteiger partial charge < -0.3 is 4.42 Å². The van der Waals surface area contributed by atoms with Gasteiger partial charge in [-0.2, -0.15) is 0 Å². The van der Waals surface area contributed by atoms with E-state index in [1.54, 1.807) is 0 Å². The van der Waals surface area contributed by atoms with Gasteiger partial charge in [0.1, 0.15) is 19.2 Å². The molecular weight excluding hydrogens is 625 g/mol.